The van der Waals surface area contributed by atoms with Gasteiger partial charge < -0.3 is 81.8 Å². The number of benzene rings is 2. The maximum atomic E-state index is 12.4. The number of carbonyl (C=O) groups excluding carboxylic acids is 1. The fourth-order valence-electron chi connectivity index (χ4n) is 2.27. The first kappa shape index (κ1) is 22.2. The minimum Gasteiger partial charge on any atom is -0.999 e. The second-order valence-corrected chi connectivity index (χ2v) is 5.56. The quantitative estimate of drug-likeness (QED) is 0.198. The molecule has 0 aromatic heterocycles. The summed E-state index contributed by atoms with van der Waals surface area (Å²) in [6, 6.07) is 40.0. The third-order valence-electron chi connectivity index (χ3n) is 3.60. The van der Waals surface area contributed by atoms with E-state index in [4.69, 9.17) is 4.74 Å². The van der Waals surface area contributed by atoms with Gasteiger partial charge in [-0.15, -0.1) is 0 Å². The summed E-state index contributed by atoms with van der Waals surface area (Å²) < 4.78 is 5.80. The monoisotopic (exact) mass is 414 g/mol. The molecule has 2 nitrogen and oxygen atoms in total. The fourth-order valence-corrected chi connectivity index (χ4v) is 2.27. The van der Waals surface area contributed by atoms with E-state index in [1.165, 1.54) is 6.08 Å². The normalized spacial score (nSPS) is 9.93. The average Bonchev–Trinajstić information content (AvgIpc) is 3.48. The Morgan fingerprint density at radius 1 is 0.931 bits per heavy atom. The van der Waals surface area contributed by atoms with Crippen molar-refractivity contribution in [3.8, 4) is 5.75 Å². The van der Waals surface area contributed by atoms with Crippen LogP contribution in [0, 0.1) is 48.5 Å². The predicted molar refractivity (Wildman–Crippen MR) is 105 cm³/mol. The predicted octanol–water partition coefficient (Wildman–Crippen LogP) is 4.69. The van der Waals surface area contributed by atoms with Gasteiger partial charge in [0.05, 0.1) is 0 Å². The zero-order valence-electron chi connectivity index (χ0n) is 15.3. The number of allylic oxidation sites excluding steroid dienone is 1. The van der Waals surface area contributed by atoms with E-state index >= 15 is 0 Å². The molecule has 0 bridgehead atoms. The molecule has 0 atom stereocenters. The zero-order valence-corrected chi connectivity index (χ0v) is 16.4. The Morgan fingerprint density at radius 2 is 1.59 bits per heavy atom. The van der Waals surface area contributed by atoms with Gasteiger partial charge in [-0.2, -0.15) is 0 Å². The summed E-state index contributed by atoms with van der Waals surface area (Å²) in [6.45, 7) is 0.420. The number of ketones is 1. The average molecular weight is 414 g/mol. The summed E-state index contributed by atoms with van der Waals surface area (Å²) in [6.07, 6.45) is 3.12. The SMILES string of the molecule is O=C(C=C[c-]1[c-][c-][c-][c-]1)c1ccccc1OCc1ccccc1.[Fe].[c-]1[c-][c-][cH-][c-]1. The number of para-hydroxylation sites is 1. The molecule has 4 aromatic rings. The molecular weight excluding hydrogens is 400 g/mol. The van der Waals surface area contributed by atoms with Crippen LogP contribution in [0.4, 0.5) is 0 Å². The van der Waals surface area contributed by atoms with E-state index in [-0.39, 0.29) is 22.9 Å². The number of hydrogen-bond donors (Lipinski definition) is 0. The summed E-state index contributed by atoms with van der Waals surface area (Å²) >= 11 is 0. The standard InChI is InChI=1S/C21H13O2.C5H.Fe/c22-20(15-14-17-8-4-5-9-17)19-12-6-7-13-21(19)23-16-18-10-2-1-3-11-18;1-2-4-5-3-1;/h1-3,6-7,10-15H,16H2;1H;/q2*-5;. The summed E-state index contributed by atoms with van der Waals surface area (Å²) in [5.41, 5.74) is 2.23. The molecule has 0 aliphatic rings. The van der Waals surface area contributed by atoms with Gasteiger partial charge in [0.15, 0.2) is 0 Å². The van der Waals surface area contributed by atoms with Crippen molar-refractivity contribution >= 4 is 11.9 Å². The summed E-state index contributed by atoms with van der Waals surface area (Å²) in [5, 5.41) is 0. The largest absolute Gasteiger partial charge is 0.999 e. The Morgan fingerprint density at radius 3 is 2.24 bits per heavy atom. The van der Waals surface area contributed by atoms with Gasteiger partial charge in [0.2, 0.25) is 0 Å². The van der Waals surface area contributed by atoms with Crippen molar-refractivity contribution in [1.82, 2.24) is 0 Å². The molecule has 0 aliphatic heterocycles. The molecule has 4 aromatic carbocycles. The summed E-state index contributed by atoms with van der Waals surface area (Å²) in [4.78, 5) is 12.4. The van der Waals surface area contributed by atoms with Gasteiger partial charge in [-0.3, -0.25) is 0 Å². The van der Waals surface area contributed by atoms with Crippen LogP contribution in [0.5, 0.6) is 5.75 Å². The van der Waals surface area contributed by atoms with Crippen molar-refractivity contribution in [2.75, 3.05) is 0 Å². The van der Waals surface area contributed by atoms with Crippen LogP contribution < -0.4 is 4.74 Å². The van der Waals surface area contributed by atoms with Crippen LogP contribution in [-0.4, -0.2) is 5.78 Å². The molecule has 29 heavy (non-hydrogen) atoms. The minimum atomic E-state index is -0.128. The first-order valence-electron chi connectivity index (χ1n) is 8.53. The van der Waals surface area contributed by atoms with Crippen molar-refractivity contribution in [2.24, 2.45) is 0 Å². The molecule has 0 unspecified atom stereocenters. The van der Waals surface area contributed by atoms with E-state index < -0.39 is 0 Å². The Balaban J connectivity index is 0.000000437. The van der Waals surface area contributed by atoms with E-state index in [1.54, 1.807) is 24.3 Å². The molecule has 0 radical (unpaired) electrons. The third-order valence-corrected chi connectivity index (χ3v) is 3.60. The molecule has 0 saturated carbocycles. The zero-order chi connectivity index (χ0) is 19.4. The van der Waals surface area contributed by atoms with E-state index in [9.17, 15) is 4.79 Å². The number of carbonyl (C=O) groups is 1. The molecule has 0 spiro atoms. The van der Waals surface area contributed by atoms with Crippen LogP contribution in [0.2, 0.25) is 0 Å². The fraction of sp³-hybridized carbons (Fsp3) is 0.0385. The molecule has 0 saturated heterocycles. The first-order valence-corrected chi connectivity index (χ1v) is 8.53. The van der Waals surface area contributed by atoms with E-state index in [0.717, 1.165) is 5.56 Å². The Labute approximate surface area is 182 Å². The minimum absolute atomic E-state index is 0. The van der Waals surface area contributed by atoms with Gasteiger partial charge in [0.25, 0.3) is 0 Å². The molecule has 4 rings (SSSR count). The summed E-state index contributed by atoms with van der Waals surface area (Å²) in [7, 11) is 0. The summed E-state index contributed by atoms with van der Waals surface area (Å²) in [5.74, 6) is 0.441. The smallest absolute Gasteiger partial charge is 0.128 e. The van der Waals surface area contributed by atoms with E-state index in [2.05, 4.69) is 48.5 Å². The molecule has 0 fully saturated rings. The number of rotatable bonds is 6. The van der Waals surface area contributed by atoms with Crippen LogP contribution in [-0.2, 0) is 23.7 Å². The van der Waals surface area contributed by atoms with Crippen LogP contribution >= 0.6 is 0 Å². The second kappa shape index (κ2) is 12.4. The van der Waals surface area contributed by atoms with Gasteiger partial charge >= 0.3 is 0 Å². The van der Waals surface area contributed by atoms with Gasteiger partial charge in [-0.05, 0) is 17.7 Å². The van der Waals surface area contributed by atoms with Crippen LogP contribution in [0.1, 0.15) is 21.5 Å². The van der Waals surface area contributed by atoms with Crippen LogP contribution in [0.15, 0.2) is 66.7 Å². The van der Waals surface area contributed by atoms with Crippen molar-refractivity contribution in [3.63, 3.8) is 0 Å². The Kier molecular flexibility index (Phi) is 9.44. The molecule has 0 N–H and O–H groups in total. The second-order valence-electron chi connectivity index (χ2n) is 5.56. The topological polar surface area (TPSA) is 26.3 Å². The molecule has 148 valence electrons. The molecule has 0 aliphatic carbocycles. The van der Waals surface area contributed by atoms with Gasteiger partial charge in [0.1, 0.15) is 12.4 Å². The third kappa shape index (κ3) is 7.42. The van der Waals surface area contributed by atoms with Crippen LogP contribution in [0.25, 0.3) is 6.08 Å². The number of hydrogen-bond acceptors (Lipinski definition) is 2. The van der Waals surface area contributed by atoms with Gasteiger partial charge in [-0.25, -0.2) is 0 Å². The van der Waals surface area contributed by atoms with Crippen molar-refractivity contribution < 1.29 is 26.6 Å². The Bertz CT molecular complexity index is 952. The van der Waals surface area contributed by atoms with Crippen LogP contribution in [0.3, 0.4) is 0 Å². The van der Waals surface area contributed by atoms with Crippen molar-refractivity contribution in [2.45, 2.75) is 6.61 Å². The molecule has 0 amide bonds. The molecule has 3 heteroatoms. The Hall–Kier alpha value is -3.13. The first-order chi connectivity index (χ1) is 13.8. The maximum Gasteiger partial charge on any atom is 0.128 e. The van der Waals surface area contributed by atoms with E-state index in [0.29, 0.717) is 23.5 Å². The van der Waals surface area contributed by atoms with Crippen molar-refractivity contribution in [3.05, 3.63) is 132 Å². The number of ether oxygens (including phenoxy) is 1. The van der Waals surface area contributed by atoms with E-state index in [1.807, 2.05) is 42.5 Å². The van der Waals surface area contributed by atoms with Crippen molar-refractivity contribution in [1.29, 1.82) is 0 Å². The van der Waals surface area contributed by atoms with Gasteiger partial charge in [0, 0.05) is 28.4 Å². The maximum absolute atomic E-state index is 12.4. The molecular formula is C26H14FeO2-10. The molecule has 0 heterocycles. The van der Waals surface area contributed by atoms with Gasteiger partial charge in [-0.1, -0.05) is 42.5 Å².